The zero-order valence-electron chi connectivity index (χ0n) is 17.1. The minimum atomic E-state index is 1.10. The second kappa shape index (κ2) is 7.88. The van der Waals surface area contributed by atoms with E-state index in [4.69, 9.17) is 0 Å². The van der Waals surface area contributed by atoms with Gasteiger partial charge in [-0.15, -0.1) is 0 Å². The average molecular weight is 538 g/mol. The highest BCUT2D eigenvalue weighted by atomic mass is 79.9. The Labute approximate surface area is 203 Å². The fourth-order valence-electron chi connectivity index (χ4n) is 4.60. The normalized spacial score (nSPS) is 11.4. The molecule has 0 bridgehead atoms. The van der Waals surface area contributed by atoms with Crippen LogP contribution in [-0.4, -0.2) is 0 Å². The van der Waals surface area contributed by atoms with Crippen LogP contribution in [0.15, 0.2) is 118 Å². The molecule has 152 valence electrons. The van der Waals surface area contributed by atoms with Gasteiger partial charge in [-0.1, -0.05) is 105 Å². The van der Waals surface area contributed by atoms with Crippen molar-refractivity contribution in [1.29, 1.82) is 0 Å². The van der Waals surface area contributed by atoms with E-state index in [1.807, 2.05) is 0 Å². The number of rotatable bonds is 2. The highest BCUT2D eigenvalue weighted by Gasteiger charge is 2.11. The first-order valence-electron chi connectivity index (χ1n) is 10.6. The van der Waals surface area contributed by atoms with E-state index in [-0.39, 0.29) is 0 Å². The van der Waals surface area contributed by atoms with Gasteiger partial charge in [-0.3, -0.25) is 0 Å². The lowest BCUT2D eigenvalue weighted by Crippen LogP contribution is -1.86. The van der Waals surface area contributed by atoms with Crippen molar-refractivity contribution in [3.63, 3.8) is 0 Å². The summed E-state index contributed by atoms with van der Waals surface area (Å²) in [4.78, 5) is 0. The summed E-state index contributed by atoms with van der Waals surface area (Å²) < 4.78 is 2.19. The van der Waals surface area contributed by atoms with Crippen LogP contribution in [0.2, 0.25) is 0 Å². The fourth-order valence-corrected chi connectivity index (χ4v) is 5.13. The van der Waals surface area contributed by atoms with E-state index in [9.17, 15) is 0 Å². The van der Waals surface area contributed by atoms with Crippen molar-refractivity contribution >= 4 is 64.2 Å². The van der Waals surface area contributed by atoms with Crippen LogP contribution in [0, 0.1) is 0 Å². The Morgan fingerprint density at radius 3 is 1.06 bits per heavy atom. The maximum atomic E-state index is 3.55. The molecule has 0 saturated heterocycles. The third-order valence-electron chi connectivity index (χ3n) is 6.19. The largest absolute Gasteiger partial charge is 0.0616 e. The summed E-state index contributed by atoms with van der Waals surface area (Å²) in [5, 5.41) is 7.77. The van der Waals surface area contributed by atoms with Crippen LogP contribution < -0.4 is 0 Å². The quantitative estimate of drug-likeness (QED) is 0.193. The molecule has 0 unspecified atom stereocenters. The number of fused-ring (bicyclic) bond motifs is 6. The molecule has 0 saturated carbocycles. The van der Waals surface area contributed by atoms with Crippen LogP contribution in [0.4, 0.5) is 0 Å². The first kappa shape index (κ1) is 19.7. The summed E-state index contributed by atoms with van der Waals surface area (Å²) in [6, 6.07) is 39.5. The summed E-state index contributed by atoms with van der Waals surface area (Å²) in [7, 11) is 0. The third-order valence-corrected chi connectivity index (χ3v) is 7.25. The molecule has 0 aliphatic carbocycles. The molecule has 0 N–H and O–H groups in total. The van der Waals surface area contributed by atoms with Gasteiger partial charge in [-0.2, -0.15) is 0 Å². The lowest BCUT2D eigenvalue weighted by Gasteiger charge is -2.13. The molecule has 0 spiro atoms. The van der Waals surface area contributed by atoms with Crippen LogP contribution in [0.5, 0.6) is 0 Å². The molecule has 32 heavy (non-hydrogen) atoms. The number of hydrogen-bond donors (Lipinski definition) is 0. The van der Waals surface area contributed by atoms with E-state index in [1.54, 1.807) is 0 Å². The minimum Gasteiger partial charge on any atom is -0.0616 e. The van der Waals surface area contributed by atoms with Gasteiger partial charge in [-0.25, -0.2) is 0 Å². The summed E-state index contributed by atoms with van der Waals surface area (Å²) in [5.74, 6) is 0. The maximum absolute atomic E-state index is 3.55. The van der Waals surface area contributed by atoms with Crippen molar-refractivity contribution in [2.45, 2.75) is 0 Å². The molecular formula is C30H18Br2. The van der Waals surface area contributed by atoms with Crippen LogP contribution >= 0.6 is 31.9 Å². The average Bonchev–Trinajstić information content (AvgIpc) is 2.84. The van der Waals surface area contributed by atoms with Crippen molar-refractivity contribution in [2.24, 2.45) is 0 Å². The highest BCUT2D eigenvalue weighted by Crippen LogP contribution is 2.39. The second-order valence-electron chi connectivity index (χ2n) is 8.08. The summed E-state index contributed by atoms with van der Waals surface area (Å²) >= 11 is 7.10. The van der Waals surface area contributed by atoms with Crippen molar-refractivity contribution in [3.05, 3.63) is 118 Å². The number of halogens is 2. The van der Waals surface area contributed by atoms with Crippen LogP contribution in [-0.2, 0) is 0 Å². The van der Waals surface area contributed by atoms with Gasteiger partial charge in [0.05, 0.1) is 0 Å². The minimum absolute atomic E-state index is 1.10. The molecule has 2 heteroatoms. The molecule has 0 aliphatic heterocycles. The molecule has 0 nitrogen and oxygen atoms in total. The Morgan fingerprint density at radius 2 is 0.656 bits per heavy atom. The topological polar surface area (TPSA) is 0 Å². The monoisotopic (exact) mass is 536 g/mol. The van der Waals surface area contributed by atoms with E-state index in [0.717, 1.165) is 8.95 Å². The predicted octanol–water partition coefficient (Wildman–Crippen LogP) is 10.0. The van der Waals surface area contributed by atoms with Gasteiger partial charge in [0.2, 0.25) is 0 Å². The van der Waals surface area contributed by atoms with E-state index in [0.29, 0.717) is 0 Å². The van der Waals surface area contributed by atoms with Gasteiger partial charge >= 0.3 is 0 Å². The second-order valence-corrected chi connectivity index (χ2v) is 9.91. The van der Waals surface area contributed by atoms with Crippen molar-refractivity contribution in [1.82, 2.24) is 0 Å². The first-order valence-corrected chi connectivity index (χ1v) is 12.2. The van der Waals surface area contributed by atoms with Gasteiger partial charge in [-0.05, 0) is 91.0 Å². The maximum Gasteiger partial charge on any atom is 0.0175 e. The highest BCUT2D eigenvalue weighted by molar-refractivity contribution is 9.10. The molecule has 0 fully saturated rings. The summed E-state index contributed by atoms with van der Waals surface area (Å²) in [6.45, 7) is 0. The van der Waals surface area contributed by atoms with Gasteiger partial charge < -0.3 is 0 Å². The van der Waals surface area contributed by atoms with Gasteiger partial charge in [0.15, 0.2) is 0 Å². The van der Waals surface area contributed by atoms with Crippen molar-refractivity contribution < 1.29 is 0 Å². The smallest absolute Gasteiger partial charge is 0.0175 e. The molecule has 0 radical (unpaired) electrons. The fraction of sp³-hybridized carbons (Fsp3) is 0. The molecule has 0 amide bonds. The molecule has 0 heterocycles. The standard InChI is InChI=1S/C30H18Br2/c31-23-11-5-19(6-12-23)21-9-15-27-25-3-1-2-4-26(25)28-16-10-22(18-30(28)29(27)17-21)20-7-13-24(32)14-8-20/h1-18H. The van der Waals surface area contributed by atoms with Gasteiger partial charge in [0.1, 0.15) is 0 Å². The van der Waals surface area contributed by atoms with E-state index < -0.39 is 0 Å². The van der Waals surface area contributed by atoms with E-state index in [1.165, 1.54) is 54.6 Å². The Balaban J connectivity index is 1.69. The van der Waals surface area contributed by atoms with Gasteiger partial charge in [0.25, 0.3) is 0 Å². The van der Waals surface area contributed by atoms with Gasteiger partial charge in [0, 0.05) is 8.95 Å². The number of hydrogen-bond acceptors (Lipinski definition) is 0. The zero-order valence-corrected chi connectivity index (χ0v) is 20.3. The summed E-state index contributed by atoms with van der Waals surface area (Å²) in [6.07, 6.45) is 0. The Kier molecular flexibility index (Phi) is 4.86. The Bertz CT molecular complexity index is 1490. The first-order chi connectivity index (χ1) is 15.7. The predicted molar refractivity (Wildman–Crippen MR) is 145 cm³/mol. The van der Waals surface area contributed by atoms with Crippen molar-refractivity contribution in [2.75, 3.05) is 0 Å². The molecule has 0 aromatic heterocycles. The lowest BCUT2D eigenvalue weighted by molar-refractivity contribution is 1.61. The molecule has 6 aromatic carbocycles. The molecular weight excluding hydrogens is 520 g/mol. The Morgan fingerprint density at radius 1 is 0.312 bits per heavy atom. The lowest BCUT2D eigenvalue weighted by atomic mass is 9.90. The number of benzene rings is 6. The third kappa shape index (κ3) is 3.35. The zero-order chi connectivity index (χ0) is 21.7. The van der Waals surface area contributed by atoms with E-state index in [2.05, 4.69) is 141 Å². The van der Waals surface area contributed by atoms with Crippen LogP contribution in [0.3, 0.4) is 0 Å². The molecule has 6 aromatic rings. The van der Waals surface area contributed by atoms with Crippen molar-refractivity contribution in [3.8, 4) is 22.3 Å². The Hall–Kier alpha value is -2.94. The molecule has 0 aliphatic rings. The summed E-state index contributed by atoms with van der Waals surface area (Å²) in [5.41, 5.74) is 4.91. The van der Waals surface area contributed by atoms with Crippen LogP contribution in [0.1, 0.15) is 0 Å². The van der Waals surface area contributed by atoms with E-state index >= 15 is 0 Å². The molecule has 0 atom stereocenters. The molecule has 6 rings (SSSR count). The SMILES string of the molecule is Brc1ccc(-c2ccc3c4ccccc4c4ccc(-c5ccc(Br)cc5)cc4c3c2)cc1. The van der Waals surface area contributed by atoms with Crippen LogP contribution in [0.25, 0.3) is 54.6 Å².